The van der Waals surface area contributed by atoms with Gasteiger partial charge in [-0.25, -0.2) is 4.98 Å². The van der Waals surface area contributed by atoms with Crippen molar-refractivity contribution in [3.8, 4) is 10.4 Å². The SMILES string of the molecule is Cc1nc(C(=O)/C2=C\C(COC3=C/C=c4/cccc/c4=C\C=C3)CC3CC(C2)C3)c(-c2ccccc2)s1. The monoisotopic (exact) mass is 505 g/mol. The molecule has 0 saturated heterocycles. The number of nitrogens with zero attached hydrogens (tertiary/aromatic N) is 1. The number of rotatable bonds is 6. The lowest BCUT2D eigenvalue weighted by Crippen LogP contribution is -2.30. The minimum absolute atomic E-state index is 0.0863. The van der Waals surface area contributed by atoms with E-state index in [1.807, 2.05) is 43.4 Å². The van der Waals surface area contributed by atoms with Crippen molar-refractivity contribution in [1.82, 2.24) is 4.98 Å². The van der Waals surface area contributed by atoms with Gasteiger partial charge in [-0.05, 0) is 78.2 Å². The van der Waals surface area contributed by atoms with Crippen molar-refractivity contribution in [1.29, 1.82) is 0 Å². The molecule has 2 aromatic carbocycles. The maximum atomic E-state index is 13.9. The van der Waals surface area contributed by atoms with Crippen molar-refractivity contribution in [2.24, 2.45) is 17.8 Å². The molecule has 4 heteroatoms. The molecule has 0 radical (unpaired) electrons. The van der Waals surface area contributed by atoms with Gasteiger partial charge in [0.15, 0.2) is 0 Å². The van der Waals surface area contributed by atoms with E-state index >= 15 is 0 Å². The molecule has 1 saturated carbocycles. The predicted octanol–water partition coefficient (Wildman–Crippen LogP) is 6.40. The number of ketones is 1. The van der Waals surface area contributed by atoms with E-state index in [1.54, 1.807) is 11.3 Å². The van der Waals surface area contributed by atoms with E-state index in [0.29, 0.717) is 18.2 Å². The van der Waals surface area contributed by atoms with Crippen LogP contribution in [0.15, 0.2) is 90.2 Å². The highest BCUT2D eigenvalue weighted by Crippen LogP contribution is 2.45. The second-order valence-corrected chi connectivity index (χ2v) is 11.6. The fourth-order valence-corrected chi connectivity index (χ4v) is 6.70. The number of benzene rings is 2. The summed E-state index contributed by atoms with van der Waals surface area (Å²) in [7, 11) is 0. The van der Waals surface area contributed by atoms with Crippen LogP contribution in [0, 0.1) is 24.7 Å². The topological polar surface area (TPSA) is 39.2 Å². The molecule has 3 aromatic rings. The highest BCUT2D eigenvalue weighted by atomic mass is 32.1. The number of hydrogen-bond donors (Lipinski definition) is 0. The van der Waals surface area contributed by atoms with Gasteiger partial charge in [0.05, 0.1) is 16.5 Å². The fraction of sp³-hybridized carbons (Fsp3) is 0.273. The van der Waals surface area contributed by atoms with Crippen LogP contribution in [0.2, 0.25) is 0 Å². The normalized spacial score (nSPS) is 25.6. The first-order valence-corrected chi connectivity index (χ1v) is 14.0. The van der Waals surface area contributed by atoms with Crippen LogP contribution >= 0.6 is 11.3 Å². The molecular formula is C33H31NO2S. The number of ether oxygens (including phenoxy) is 1. The van der Waals surface area contributed by atoms with Crippen LogP contribution in [0.1, 0.15) is 41.2 Å². The Morgan fingerprint density at radius 1 is 0.946 bits per heavy atom. The van der Waals surface area contributed by atoms with E-state index in [9.17, 15) is 4.79 Å². The number of hydrogen-bond acceptors (Lipinski definition) is 4. The molecule has 4 aliphatic rings. The first-order chi connectivity index (χ1) is 18.1. The third-order valence-corrected chi connectivity index (χ3v) is 8.64. The van der Waals surface area contributed by atoms with E-state index < -0.39 is 0 Å². The summed E-state index contributed by atoms with van der Waals surface area (Å²) in [6.07, 6.45) is 16.9. The molecule has 7 rings (SSSR count). The van der Waals surface area contributed by atoms with Crippen LogP contribution in [-0.2, 0) is 4.74 Å². The zero-order chi connectivity index (χ0) is 25.2. The molecule has 37 heavy (non-hydrogen) atoms. The summed E-state index contributed by atoms with van der Waals surface area (Å²) in [5.74, 6) is 2.50. The third kappa shape index (κ3) is 5.30. The molecule has 0 aliphatic heterocycles. The third-order valence-electron chi connectivity index (χ3n) is 7.62. The van der Waals surface area contributed by atoms with Crippen molar-refractivity contribution < 1.29 is 9.53 Å². The summed E-state index contributed by atoms with van der Waals surface area (Å²) in [5, 5.41) is 3.31. The lowest BCUT2D eigenvalue weighted by atomic mass is 9.66. The minimum Gasteiger partial charge on any atom is -0.493 e. The molecule has 0 N–H and O–H groups in total. The average Bonchev–Trinajstić information content (AvgIpc) is 3.25. The van der Waals surface area contributed by atoms with Crippen molar-refractivity contribution in [2.75, 3.05) is 6.61 Å². The molecule has 2 bridgehead atoms. The molecule has 1 unspecified atom stereocenters. The van der Waals surface area contributed by atoms with Crippen LogP contribution in [0.4, 0.5) is 0 Å². The van der Waals surface area contributed by atoms with Gasteiger partial charge in [0.25, 0.3) is 0 Å². The number of thiazole rings is 1. The Bertz CT molecular complexity index is 1520. The van der Waals surface area contributed by atoms with Gasteiger partial charge in [0, 0.05) is 5.92 Å². The number of aryl methyl sites for hydroxylation is 1. The van der Waals surface area contributed by atoms with Crippen molar-refractivity contribution in [3.05, 3.63) is 111 Å². The Hall–Kier alpha value is -3.50. The van der Waals surface area contributed by atoms with Gasteiger partial charge < -0.3 is 4.74 Å². The maximum Gasteiger partial charge on any atom is 0.208 e. The minimum atomic E-state index is 0.0863. The molecule has 0 amide bonds. The zero-order valence-corrected chi connectivity index (χ0v) is 21.9. The van der Waals surface area contributed by atoms with Gasteiger partial charge in [-0.3, -0.25) is 4.79 Å². The Balaban J connectivity index is 1.25. The van der Waals surface area contributed by atoms with Gasteiger partial charge in [-0.15, -0.1) is 11.3 Å². The van der Waals surface area contributed by atoms with Crippen LogP contribution < -0.4 is 10.4 Å². The summed E-state index contributed by atoms with van der Waals surface area (Å²) in [6, 6.07) is 18.5. The van der Waals surface area contributed by atoms with Crippen LogP contribution in [-0.4, -0.2) is 17.4 Å². The molecule has 4 aliphatic carbocycles. The maximum absolute atomic E-state index is 13.9. The van der Waals surface area contributed by atoms with E-state index in [1.165, 1.54) is 23.3 Å². The van der Waals surface area contributed by atoms with Crippen molar-refractivity contribution in [3.63, 3.8) is 0 Å². The largest absolute Gasteiger partial charge is 0.493 e. The van der Waals surface area contributed by atoms with Gasteiger partial charge >= 0.3 is 0 Å². The second kappa shape index (κ2) is 10.5. The van der Waals surface area contributed by atoms with Crippen LogP contribution in [0.25, 0.3) is 22.6 Å². The number of Topliss-reactive ketones (excluding diaryl/α,β-unsaturated/α-hetero) is 1. The van der Waals surface area contributed by atoms with Gasteiger partial charge in [-0.2, -0.15) is 0 Å². The Kier molecular flexibility index (Phi) is 6.75. The van der Waals surface area contributed by atoms with Gasteiger partial charge in [0.1, 0.15) is 11.5 Å². The Morgan fingerprint density at radius 3 is 2.51 bits per heavy atom. The first kappa shape index (κ1) is 23.9. The van der Waals surface area contributed by atoms with E-state index in [4.69, 9.17) is 9.72 Å². The smallest absolute Gasteiger partial charge is 0.208 e. The van der Waals surface area contributed by atoms with Crippen LogP contribution in [0.5, 0.6) is 0 Å². The molecule has 186 valence electrons. The van der Waals surface area contributed by atoms with E-state index in [2.05, 4.69) is 54.6 Å². The number of carbonyl (C=O) groups excluding carboxylic acids is 1. The first-order valence-electron chi connectivity index (χ1n) is 13.2. The van der Waals surface area contributed by atoms with Crippen molar-refractivity contribution in [2.45, 2.75) is 32.6 Å². The molecule has 1 aromatic heterocycles. The summed E-state index contributed by atoms with van der Waals surface area (Å²) >= 11 is 1.60. The number of fused-ring (bicyclic) bond motifs is 4. The zero-order valence-electron chi connectivity index (χ0n) is 21.1. The molecule has 1 atom stereocenters. The average molecular weight is 506 g/mol. The highest BCUT2D eigenvalue weighted by Gasteiger charge is 2.36. The van der Waals surface area contributed by atoms with Gasteiger partial charge in [-0.1, -0.05) is 78.9 Å². The number of carbonyl (C=O) groups is 1. The summed E-state index contributed by atoms with van der Waals surface area (Å²) in [6.45, 7) is 2.56. The molecule has 0 spiro atoms. The molecule has 1 fully saturated rings. The van der Waals surface area contributed by atoms with Crippen LogP contribution in [0.3, 0.4) is 0 Å². The lowest BCUT2D eigenvalue weighted by molar-refractivity contribution is 0.0968. The Labute approximate surface area is 222 Å². The second-order valence-electron chi connectivity index (χ2n) is 10.4. The lowest BCUT2D eigenvalue weighted by Gasteiger charge is -2.39. The van der Waals surface area contributed by atoms with Gasteiger partial charge in [0.2, 0.25) is 5.78 Å². The summed E-state index contributed by atoms with van der Waals surface area (Å²) in [4.78, 5) is 19.6. The quantitative estimate of drug-likeness (QED) is 0.364. The predicted molar refractivity (Wildman–Crippen MR) is 151 cm³/mol. The number of allylic oxidation sites excluding steroid dienone is 4. The standard InChI is InChI=1S/C33H31NO2S/c1-22-34-31(33(37-22)28-10-3-2-4-11-28)32(35)29-19-24-16-23(17-24)18-25(20-29)21-36-30-13-7-12-26-8-5-6-9-27(26)14-15-30/h2-15,20,23-25H,16-19,21H2,1H3/b12-7?,13-7?,15-14?,26-12+,27-14-,29-20-,30-13?,30-15?. The van der Waals surface area contributed by atoms with E-state index in [0.717, 1.165) is 45.5 Å². The summed E-state index contributed by atoms with van der Waals surface area (Å²) < 4.78 is 6.32. The van der Waals surface area contributed by atoms with E-state index in [-0.39, 0.29) is 11.7 Å². The van der Waals surface area contributed by atoms with Crippen molar-refractivity contribution >= 4 is 29.3 Å². The highest BCUT2D eigenvalue weighted by molar-refractivity contribution is 7.15. The summed E-state index contributed by atoms with van der Waals surface area (Å²) in [5.41, 5.74) is 2.57. The molecular weight excluding hydrogens is 474 g/mol. The fourth-order valence-electron chi connectivity index (χ4n) is 5.78. The molecule has 3 nitrogen and oxygen atoms in total. The molecule has 1 heterocycles. The Morgan fingerprint density at radius 2 is 1.70 bits per heavy atom. The number of aromatic nitrogens is 1.